The van der Waals surface area contributed by atoms with E-state index in [2.05, 4.69) is 31.2 Å². The molecule has 2 aromatic carbocycles. The molecule has 3 aliphatic carbocycles. The lowest BCUT2D eigenvalue weighted by Gasteiger charge is -2.67. The van der Waals surface area contributed by atoms with Crippen LogP contribution in [-0.4, -0.2) is 42.6 Å². The van der Waals surface area contributed by atoms with Gasteiger partial charge >= 0.3 is 0 Å². The molecule has 0 aromatic heterocycles. The van der Waals surface area contributed by atoms with Gasteiger partial charge in [-0.15, -0.1) is 0 Å². The molecule has 1 N–H and O–H groups in total. The number of hydrogen-bond acceptors (Lipinski definition) is 4. The summed E-state index contributed by atoms with van der Waals surface area (Å²) in [5.74, 6) is 0.393. The third-order valence-electron chi connectivity index (χ3n) is 10.8. The lowest BCUT2D eigenvalue weighted by atomic mass is 9.43. The molecule has 6 atom stereocenters. The zero-order valence-electron chi connectivity index (χ0n) is 22.7. The van der Waals surface area contributed by atoms with E-state index in [1.165, 1.54) is 0 Å². The van der Waals surface area contributed by atoms with Crippen LogP contribution in [0.25, 0.3) is 0 Å². The molecule has 4 bridgehead atoms. The lowest BCUT2D eigenvalue weighted by Crippen LogP contribution is -2.73. The first-order valence-corrected chi connectivity index (χ1v) is 15.8. The van der Waals surface area contributed by atoms with Crippen LogP contribution < -0.4 is 0 Å². The van der Waals surface area contributed by atoms with Crippen molar-refractivity contribution in [1.29, 1.82) is 0 Å². The number of sulfonamides is 1. The Bertz CT molecular complexity index is 1290. The summed E-state index contributed by atoms with van der Waals surface area (Å²) in [7, 11) is -3.75. The second-order valence-corrected chi connectivity index (χ2v) is 14.3. The topological polar surface area (TPSA) is 66.8 Å². The van der Waals surface area contributed by atoms with Crippen molar-refractivity contribution < 1.29 is 18.3 Å². The quantitative estimate of drug-likeness (QED) is 0.356. The molecule has 1 heterocycles. The summed E-state index contributed by atoms with van der Waals surface area (Å²) in [6.45, 7) is 5.85. The number of aliphatic hydroxyl groups is 1. The maximum Gasteiger partial charge on any atom is 0.243 e. The van der Waals surface area contributed by atoms with Crippen molar-refractivity contribution in [3.05, 3.63) is 77.9 Å². The first kappa shape index (κ1) is 26.2. The zero-order chi connectivity index (χ0) is 26.6. The molecule has 0 unspecified atom stereocenters. The molecule has 3 fully saturated rings. The Morgan fingerprint density at radius 1 is 1.03 bits per heavy atom. The number of ether oxygens (including phenoxy) is 1. The predicted molar refractivity (Wildman–Crippen MR) is 149 cm³/mol. The largest absolute Gasteiger partial charge is 0.389 e. The Morgan fingerprint density at radius 3 is 2.53 bits per heavy atom. The average Bonchev–Trinajstić information content (AvgIpc) is 3.27. The number of rotatable bonds is 7. The Labute approximate surface area is 228 Å². The van der Waals surface area contributed by atoms with E-state index in [9.17, 15) is 13.5 Å². The first-order valence-electron chi connectivity index (χ1n) is 14.3. The summed E-state index contributed by atoms with van der Waals surface area (Å²) in [4.78, 5) is 0.341. The van der Waals surface area contributed by atoms with Gasteiger partial charge in [0, 0.05) is 18.6 Å². The molecule has 6 rings (SSSR count). The molecule has 0 amide bonds. The number of piperidine rings is 1. The minimum Gasteiger partial charge on any atom is -0.389 e. The van der Waals surface area contributed by atoms with E-state index in [1.807, 2.05) is 37.3 Å². The fourth-order valence-electron chi connectivity index (χ4n) is 8.87. The van der Waals surface area contributed by atoms with Crippen LogP contribution in [0, 0.1) is 29.6 Å². The molecular formula is C32H41NO4S. The molecule has 2 aromatic rings. The van der Waals surface area contributed by atoms with Crippen LogP contribution in [0.5, 0.6) is 0 Å². The van der Waals surface area contributed by atoms with Crippen LogP contribution in [0.4, 0.5) is 0 Å². The van der Waals surface area contributed by atoms with E-state index < -0.39 is 27.1 Å². The molecule has 6 heteroatoms. The molecule has 4 aliphatic rings. The SMILES string of the molecule is Cc1ccc(S(=O)(=O)N2C[C@H]3CC[C@H]4CCC[C@]4(O)[C@@]4(CCOCc5ccccc5)[C@@H]2C=CC[C@@]34C)cc1. The number of hydrogen-bond donors (Lipinski definition) is 1. The highest BCUT2D eigenvalue weighted by Gasteiger charge is 2.73. The minimum absolute atomic E-state index is 0.188. The second-order valence-electron chi connectivity index (χ2n) is 12.4. The van der Waals surface area contributed by atoms with Crippen molar-refractivity contribution in [2.24, 2.45) is 22.7 Å². The van der Waals surface area contributed by atoms with Gasteiger partial charge in [0.25, 0.3) is 0 Å². The molecule has 1 saturated heterocycles. The number of nitrogens with zero attached hydrogens (tertiary/aromatic N) is 1. The van der Waals surface area contributed by atoms with Gasteiger partial charge in [0.15, 0.2) is 0 Å². The van der Waals surface area contributed by atoms with Gasteiger partial charge < -0.3 is 9.84 Å². The van der Waals surface area contributed by atoms with Gasteiger partial charge in [-0.3, -0.25) is 0 Å². The van der Waals surface area contributed by atoms with E-state index in [0.29, 0.717) is 31.1 Å². The van der Waals surface area contributed by atoms with E-state index in [-0.39, 0.29) is 17.3 Å². The Balaban J connectivity index is 1.43. The highest BCUT2D eigenvalue weighted by molar-refractivity contribution is 7.89. The third-order valence-corrected chi connectivity index (χ3v) is 12.7. The lowest BCUT2D eigenvalue weighted by molar-refractivity contribution is -0.226. The molecular weight excluding hydrogens is 494 g/mol. The summed E-state index contributed by atoms with van der Waals surface area (Å²) >= 11 is 0. The molecule has 5 nitrogen and oxygen atoms in total. The van der Waals surface area contributed by atoms with Gasteiger partial charge in [0.1, 0.15) is 0 Å². The minimum atomic E-state index is -3.75. The Kier molecular flexibility index (Phi) is 6.62. The monoisotopic (exact) mass is 535 g/mol. The second kappa shape index (κ2) is 9.58. The Hall–Kier alpha value is -1.99. The summed E-state index contributed by atoms with van der Waals surface area (Å²) in [6, 6.07) is 17.0. The highest BCUT2D eigenvalue weighted by atomic mass is 32.2. The Morgan fingerprint density at radius 2 is 1.76 bits per heavy atom. The normalized spacial score (nSPS) is 36.6. The van der Waals surface area contributed by atoms with Crippen molar-refractivity contribution in [1.82, 2.24) is 4.31 Å². The van der Waals surface area contributed by atoms with Crippen LogP contribution in [-0.2, 0) is 21.4 Å². The fourth-order valence-corrected chi connectivity index (χ4v) is 10.5. The van der Waals surface area contributed by atoms with Crippen LogP contribution >= 0.6 is 0 Å². The number of aryl methyl sites for hydroxylation is 1. The smallest absolute Gasteiger partial charge is 0.243 e. The number of allylic oxidation sites excluding steroid dienone is 1. The van der Waals surface area contributed by atoms with Crippen molar-refractivity contribution in [3.8, 4) is 0 Å². The van der Waals surface area contributed by atoms with E-state index >= 15 is 0 Å². The van der Waals surface area contributed by atoms with Crippen molar-refractivity contribution in [2.45, 2.75) is 81.9 Å². The van der Waals surface area contributed by atoms with Crippen LogP contribution in [0.2, 0.25) is 0 Å². The number of benzene rings is 2. The van der Waals surface area contributed by atoms with Crippen LogP contribution in [0.3, 0.4) is 0 Å². The zero-order valence-corrected chi connectivity index (χ0v) is 23.5. The highest BCUT2D eigenvalue weighted by Crippen LogP contribution is 2.71. The van der Waals surface area contributed by atoms with Gasteiger partial charge in [0.05, 0.1) is 23.1 Å². The summed E-state index contributed by atoms with van der Waals surface area (Å²) < 4.78 is 36.6. The summed E-state index contributed by atoms with van der Waals surface area (Å²) in [5.41, 5.74) is 0.444. The molecule has 0 radical (unpaired) electrons. The van der Waals surface area contributed by atoms with Gasteiger partial charge in [-0.05, 0) is 80.4 Å². The first-order chi connectivity index (χ1) is 18.2. The van der Waals surface area contributed by atoms with Crippen molar-refractivity contribution >= 4 is 10.0 Å². The molecule has 38 heavy (non-hydrogen) atoms. The van der Waals surface area contributed by atoms with Gasteiger partial charge in [-0.2, -0.15) is 4.31 Å². The van der Waals surface area contributed by atoms with E-state index in [4.69, 9.17) is 4.74 Å². The summed E-state index contributed by atoms with van der Waals surface area (Å²) in [6.07, 6.45) is 10.5. The standard InChI is InChI=1S/C32H41NO4S/c1-24-12-16-28(17-13-24)38(35,36)33-22-27-15-14-26-10-6-19-32(26,34)31(29(33)11-7-18-30(27,31)2)20-21-37-23-25-8-4-3-5-9-25/h3-5,7-9,11-13,16-17,26-27,29,34H,6,10,14-15,18-23H2,1-2H3/t26-,27-,29+,30+,31+,32-/m1/s1. The van der Waals surface area contributed by atoms with E-state index in [1.54, 1.807) is 16.4 Å². The van der Waals surface area contributed by atoms with Crippen LogP contribution in [0.1, 0.15) is 63.0 Å². The van der Waals surface area contributed by atoms with Crippen molar-refractivity contribution in [3.63, 3.8) is 0 Å². The van der Waals surface area contributed by atoms with Crippen LogP contribution in [0.15, 0.2) is 71.6 Å². The van der Waals surface area contributed by atoms with Gasteiger partial charge in [0.2, 0.25) is 10.0 Å². The maximum atomic E-state index is 14.3. The fraction of sp³-hybridized carbons (Fsp3) is 0.562. The number of fused-ring (bicyclic) bond motifs is 1. The molecule has 2 saturated carbocycles. The molecule has 1 aliphatic heterocycles. The molecule has 204 valence electrons. The van der Waals surface area contributed by atoms with Gasteiger partial charge in [-0.1, -0.05) is 73.5 Å². The molecule has 0 spiro atoms. The maximum absolute atomic E-state index is 14.3. The van der Waals surface area contributed by atoms with E-state index in [0.717, 1.165) is 49.7 Å². The van der Waals surface area contributed by atoms with Crippen molar-refractivity contribution in [2.75, 3.05) is 13.2 Å². The average molecular weight is 536 g/mol. The summed E-state index contributed by atoms with van der Waals surface area (Å²) in [5, 5.41) is 12.8. The third kappa shape index (κ3) is 3.78. The predicted octanol–water partition coefficient (Wildman–Crippen LogP) is 5.87. The van der Waals surface area contributed by atoms with Gasteiger partial charge in [-0.25, -0.2) is 8.42 Å².